The van der Waals surface area contributed by atoms with Crippen LogP contribution in [-0.2, 0) is 14.8 Å². The van der Waals surface area contributed by atoms with E-state index in [1.165, 1.54) is 6.07 Å². The Morgan fingerprint density at radius 2 is 2.11 bits per heavy atom. The molecule has 9 heteroatoms. The zero-order chi connectivity index (χ0) is 20.3. The number of carbonyl (C=O) groups is 1. The van der Waals surface area contributed by atoms with E-state index in [1.807, 2.05) is 31.2 Å². The number of sulfonamides is 1. The largest absolute Gasteiger partial charge is 0.492 e. The highest BCUT2D eigenvalue weighted by Gasteiger charge is 2.35. The normalized spacial score (nSPS) is 16.1. The van der Waals surface area contributed by atoms with Crippen molar-refractivity contribution in [3.63, 3.8) is 0 Å². The van der Waals surface area contributed by atoms with Gasteiger partial charge >= 0.3 is 0 Å². The molecule has 1 amide bonds. The third-order valence-corrected chi connectivity index (χ3v) is 5.52. The Labute approximate surface area is 169 Å². The van der Waals surface area contributed by atoms with Crippen molar-refractivity contribution in [2.24, 2.45) is 0 Å². The van der Waals surface area contributed by atoms with Gasteiger partial charge in [0.05, 0.1) is 25.0 Å². The maximum Gasteiger partial charge on any atom is 0.263 e. The molecule has 0 aliphatic carbocycles. The number of rotatable bonds is 6. The van der Waals surface area contributed by atoms with Gasteiger partial charge in [0.1, 0.15) is 18.1 Å². The molecule has 0 unspecified atom stereocenters. The van der Waals surface area contributed by atoms with Crippen LogP contribution in [0.3, 0.4) is 0 Å². The number of amides is 1. The van der Waals surface area contributed by atoms with Crippen molar-refractivity contribution in [1.82, 2.24) is 5.32 Å². The second-order valence-electron chi connectivity index (χ2n) is 6.47. The average molecular weight is 425 g/mol. The van der Waals surface area contributed by atoms with Gasteiger partial charge in [0.15, 0.2) is 6.10 Å². The molecule has 1 aliphatic rings. The third kappa shape index (κ3) is 4.88. The van der Waals surface area contributed by atoms with Crippen molar-refractivity contribution < 1.29 is 22.7 Å². The number of carbonyl (C=O) groups excluding carboxylic acids is 1. The second kappa shape index (κ2) is 8.28. The molecule has 1 heterocycles. The first-order valence-electron chi connectivity index (χ1n) is 8.65. The number of aryl methyl sites for hydroxylation is 1. The Bertz CT molecular complexity index is 980. The molecule has 2 aromatic carbocycles. The summed E-state index contributed by atoms with van der Waals surface area (Å²) in [6, 6.07) is 12.2. The van der Waals surface area contributed by atoms with E-state index >= 15 is 0 Å². The van der Waals surface area contributed by atoms with E-state index in [9.17, 15) is 13.2 Å². The van der Waals surface area contributed by atoms with Crippen molar-refractivity contribution >= 4 is 33.2 Å². The Balaban J connectivity index is 1.62. The Morgan fingerprint density at radius 1 is 1.32 bits per heavy atom. The zero-order valence-electron chi connectivity index (χ0n) is 15.5. The Morgan fingerprint density at radius 3 is 2.82 bits per heavy atom. The van der Waals surface area contributed by atoms with Crippen LogP contribution in [0.15, 0.2) is 42.5 Å². The van der Waals surface area contributed by atoms with Crippen LogP contribution in [0.25, 0.3) is 0 Å². The second-order valence-corrected chi connectivity index (χ2v) is 8.81. The first-order chi connectivity index (χ1) is 13.2. The maximum atomic E-state index is 12.5. The van der Waals surface area contributed by atoms with Gasteiger partial charge in [0.25, 0.3) is 5.91 Å². The highest BCUT2D eigenvalue weighted by atomic mass is 35.5. The highest BCUT2D eigenvalue weighted by Crippen LogP contribution is 2.37. The molecule has 0 bridgehead atoms. The molecule has 0 radical (unpaired) electrons. The zero-order valence-corrected chi connectivity index (χ0v) is 17.1. The standard InChI is InChI=1S/C19H21ClN2O5S/c1-13-4-3-5-15(10-13)26-9-8-21-19(23)18-12-22(28(2,24)25)16-11-14(20)6-7-17(16)27-18/h3-7,10-11,18H,8-9,12H2,1-2H3,(H,21,23)/t18-/m1/s1. The summed E-state index contributed by atoms with van der Waals surface area (Å²) in [7, 11) is -3.60. The van der Waals surface area contributed by atoms with Gasteiger partial charge in [-0.3, -0.25) is 9.10 Å². The van der Waals surface area contributed by atoms with E-state index < -0.39 is 22.0 Å². The summed E-state index contributed by atoms with van der Waals surface area (Å²) < 4.78 is 36.7. The van der Waals surface area contributed by atoms with Gasteiger partial charge in [-0.05, 0) is 42.8 Å². The number of nitrogens with zero attached hydrogens (tertiary/aromatic N) is 1. The van der Waals surface area contributed by atoms with E-state index in [-0.39, 0.29) is 25.4 Å². The van der Waals surface area contributed by atoms with Crippen LogP contribution in [0.2, 0.25) is 5.02 Å². The molecule has 1 N–H and O–H groups in total. The number of benzene rings is 2. The molecule has 0 aromatic heterocycles. The van der Waals surface area contributed by atoms with E-state index in [4.69, 9.17) is 21.1 Å². The van der Waals surface area contributed by atoms with E-state index in [0.29, 0.717) is 10.7 Å². The van der Waals surface area contributed by atoms with Gasteiger partial charge in [0.2, 0.25) is 10.0 Å². The van der Waals surface area contributed by atoms with Crippen LogP contribution < -0.4 is 19.1 Å². The molecule has 150 valence electrons. The van der Waals surface area contributed by atoms with Gasteiger partial charge in [-0.25, -0.2) is 8.42 Å². The summed E-state index contributed by atoms with van der Waals surface area (Å²) >= 11 is 5.97. The van der Waals surface area contributed by atoms with Crippen molar-refractivity contribution in [1.29, 1.82) is 0 Å². The van der Waals surface area contributed by atoms with Gasteiger partial charge in [-0.1, -0.05) is 23.7 Å². The van der Waals surface area contributed by atoms with Crippen LogP contribution in [0.1, 0.15) is 5.56 Å². The summed E-state index contributed by atoms with van der Waals surface area (Å²) in [5, 5.41) is 3.10. The number of fused-ring (bicyclic) bond motifs is 1. The third-order valence-electron chi connectivity index (χ3n) is 4.14. The molecule has 3 rings (SSSR count). The fourth-order valence-corrected chi connectivity index (χ4v) is 3.91. The monoisotopic (exact) mass is 424 g/mol. The van der Waals surface area contributed by atoms with Crippen LogP contribution in [0.4, 0.5) is 5.69 Å². The van der Waals surface area contributed by atoms with Crippen LogP contribution >= 0.6 is 11.6 Å². The molecule has 7 nitrogen and oxygen atoms in total. The molecular formula is C19H21ClN2O5S. The van der Waals surface area contributed by atoms with Gasteiger partial charge in [-0.15, -0.1) is 0 Å². The van der Waals surface area contributed by atoms with Crippen LogP contribution in [-0.4, -0.2) is 46.4 Å². The van der Waals surface area contributed by atoms with E-state index in [1.54, 1.807) is 12.1 Å². The summed E-state index contributed by atoms with van der Waals surface area (Å²) in [4.78, 5) is 12.5. The smallest absolute Gasteiger partial charge is 0.263 e. The van der Waals surface area contributed by atoms with Crippen molar-refractivity contribution in [2.45, 2.75) is 13.0 Å². The van der Waals surface area contributed by atoms with Crippen molar-refractivity contribution in [3.8, 4) is 11.5 Å². The SMILES string of the molecule is Cc1cccc(OCCNC(=O)[C@H]2CN(S(C)(=O)=O)c3cc(Cl)ccc3O2)c1. The fraction of sp³-hybridized carbons (Fsp3) is 0.316. The molecule has 1 atom stereocenters. The number of hydrogen-bond acceptors (Lipinski definition) is 5. The van der Waals surface area contributed by atoms with Gasteiger partial charge in [-0.2, -0.15) is 0 Å². The lowest BCUT2D eigenvalue weighted by Gasteiger charge is -2.34. The minimum Gasteiger partial charge on any atom is -0.492 e. The Kier molecular flexibility index (Phi) is 6.00. The molecule has 0 fully saturated rings. The molecule has 28 heavy (non-hydrogen) atoms. The lowest BCUT2D eigenvalue weighted by molar-refractivity contribution is -0.127. The predicted molar refractivity (Wildman–Crippen MR) is 108 cm³/mol. The topological polar surface area (TPSA) is 84.9 Å². The highest BCUT2D eigenvalue weighted by molar-refractivity contribution is 7.92. The number of ether oxygens (including phenoxy) is 2. The summed E-state index contributed by atoms with van der Waals surface area (Å²) in [6.45, 7) is 2.38. The summed E-state index contributed by atoms with van der Waals surface area (Å²) in [5.41, 5.74) is 1.40. The molecule has 1 aliphatic heterocycles. The average Bonchev–Trinajstić information content (AvgIpc) is 2.63. The lowest BCUT2D eigenvalue weighted by atomic mass is 10.2. The number of nitrogens with one attached hydrogen (secondary N) is 1. The first kappa shape index (κ1) is 20.3. The lowest BCUT2D eigenvalue weighted by Crippen LogP contribution is -2.51. The number of hydrogen-bond donors (Lipinski definition) is 1. The number of halogens is 1. The Hall–Kier alpha value is -2.45. The van der Waals surface area contributed by atoms with Crippen LogP contribution in [0.5, 0.6) is 11.5 Å². The molecule has 0 saturated carbocycles. The first-order valence-corrected chi connectivity index (χ1v) is 10.9. The van der Waals surface area contributed by atoms with E-state index in [0.717, 1.165) is 21.9 Å². The predicted octanol–water partition coefficient (Wildman–Crippen LogP) is 2.37. The molecule has 2 aromatic rings. The van der Waals surface area contributed by atoms with Crippen molar-refractivity contribution in [2.75, 3.05) is 30.3 Å². The minimum atomic E-state index is -3.60. The maximum absolute atomic E-state index is 12.5. The fourth-order valence-electron chi connectivity index (χ4n) is 2.84. The molecular weight excluding hydrogens is 404 g/mol. The van der Waals surface area contributed by atoms with Gasteiger partial charge in [0, 0.05) is 5.02 Å². The van der Waals surface area contributed by atoms with E-state index in [2.05, 4.69) is 5.32 Å². The van der Waals surface area contributed by atoms with Gasteiger partial charge < -0.3 is 14.8 Å². The van der Waals surface area contributed by atoms with Crippen molar-refractivity contribution in [3.05, 3.63) is 53.1 Å². The number of anilines is 1. The molecule has 0 saturated heterocycles. The quantitative estimate of drug-likeness (QED) is 0.719. The summed E-state index contributed by atoms with van der Waals surface area (Å²) in [5.74, 6) is 0.594. The molecule has 0 spiro atoms. The minimum absolute atomic E-state index is 0.128. The summed E-state index contributed by atoms with van der Waals surface area (Å²) in [6.07, 6.45) is 0.107. The van der Waals surface area contributed by atoms with Crippen LogP contribution in [0, 0.1) is 6.92 Å².